The number of aldehydes is 1. The largest absolute Gasteiger partial charge is 0.307 e. The van der Waals surface area contributed by atoms with Crippen LogP contribution in [0.3, 0.4) is 0 Å². The quantitative estimate of drug-likeness (QED) is 0.356. The van der Waals surface area contributed by atoms with E-state index in [1.807, 2.05) is 6.79 Å². The first-order valence-corrected chi connectivity index (χ1v) is 1.77. The minimum Gasteiger partial charge on any atom is -0.307 e. The highest BCUT2D eigenvalue weighted by molar-refractivity contribution is 5.64. The number of allylic oxidation sites excluding steroid dienone is 2. The average Bonchev–Trinajstić information content (AvgIpc) is 1.75. The minimum atomic E-state index is 0.750. The SMILES string of the molecule is C=O.CC=CC=O. The average molecular weight is 100 g/mol. The molecule has 0 aliphatic carbocycles. The standard InChI is InChI=1S/C4H6O.CH2O/c1-2-3-4-5;1-2/h2-4H,1H3;1H2. The first kappa shape index (κ1) is 9.43. The molecule has 0 amide bonds. The lowest BCUT2D eigenvalue weighted by molar-refractivity contribution is -0.104. The Labute approximate surface area is 42.8 Å². The second kappa shape index (κ2) is 19.5. The first-order valence-electron chi connectivity index (χ1n) is 1.77. The van der Waals surface area contributed by atoms with Gasteiger partial charge < -0.3 is 4.79 Å². The molecule has 0 aliphatic heterocycles. The van der Waals surface area contributed by atoms with Gasteiger partial charge in [0.1, 0.15) is 13.1 Å². The zero-order valence-electron chi connectivity index (χ0n) is 4.26. The van der Waals surface area contributed by atoms with E-state index in [9.17, 15) is 4.79 Å². The van der Waals surface area contributed by atoms with Gasteiger partial charge in [0, 0.05) is 0 Å². The molecule has 7 heavy (non-hydrogen) atoms. The maximum atomic E-state index is 9.32. The van der Waals surface area contributed by atoms with Crippen LogP contribution in [0.1, 0.15) is 6.92 Å². The van der Waals surface area contributed by atoms with Gasteiger partial charge in [-0.2, -0.15) is 0 Å². The number of carbonyl (C=O) groups is 2. The molecule has 0 heterocycles. The molecule has 0 N–H and O–H groups in total. The van der Waals surface area contributed by atoms with Gasteiger partial charge in [0.25, 0.3) is 0 Å². The fourth-order valence-corrected chi connectivity index (χ4v) is 0.0786. The van der Waals surface area contributed by atoms with E-state index in [1.54, 1.807) is 13.0 Å². The summed E-state index contributed by atoms with van der Waals surface area (Å²) in [6.07, 6.45) is 3.88. The van der Waals surface area contributed by atoms with Gasteiger partial charge in [-0.25, -0.2) is 0 Å². The summed E-state index contributed by atoms with van der Waals surface area (Å²) in [5, 5.41) is 0. The van der Waals surface area contributed by atoms with Gasteiger partial charge in [0.05, 0.1) is 0 Å². The fourth-order valence-electron chi connectivity index (χ4n) is 0.0786. The molecule has 0 saturated carbocycles. The summed E-state index contributed by atoms with van der Waals surface area (Å²) in [7, 11) is 0. The number of carbonyl (C=O) groups excluding carboxylic acids is 2. The molecule has 0 radical (unpaired) electrons. The molecule has 0 bridgehead atoms. The van der Waals surface area contributed by atoms with E-state index in [1.165, 1.54) is 6.08 Å². The number of hydrogen-bond donors (Lipinski definition) is 0. The Morgan fingerprint density at radius 1 is 1.43 bits per heavy atom. The van der Waals surface area contributed by atoms with Crippen LogP contribution in [0, 0.1) is 0 Å². The van der Waals surface area contributed by atoms with Crippen molar-refractivity contribution in [1.82, 2.24) is 0 Å². The molecule has 2 heteroatoms. The van der Waals surface area contributed by atoms with Crippen molar-refractivity contribution < 1.29 is 9.59 Å². The zero-order chi connectivity index (χ0) is 6.12. The Kier molecular flexibility index (Phi) is 26.3. The van der Waals surface area contributed by atoms with Crippen molar-refractivity contribution in [1.29, 1.82) is 0 Å². The number of rotatable bonds is 1. The summed E-state index contributed by atoms with van der Waals surface area (Å²) in [5.41, 5.74) is 0. The van der Waals surface area contributed by atoms with Crippen molar-refractivity contribution in [2.75, 3.05) is 0 Å². The summed E-state index contributed by atoms with van der Waals surface area (Å²) in [5.74, 6) is 0. The molecule has 2 nitrogen and oxygen atoms in total. The van der Waals surface area contributed by atoms with Gasteiger partial charge in [-0.05, 0) is 13.0 Å². The zero-order valence-corrected chi connectivity index (χ0v) is 4.26. The van der Waals surface area contributed by atoms with Gasteiger partial charge >= 0.3 is 0 Å². The van der Waals surface area contributed by atoms with Crippen molar-refractivity contribution in [3.05, 3.63) is 12.2 Å². The van der Waals surface area contributed by atoms with E-state index in [0.29, 0.717) is 0 Å². The van der Waals surface area contributed by atoms with Crippen LogP contribution in [0.15, 0.2) is 12.2 Å². The Bertz CT molecular complexity index is 57.1. The minimum absolute atomic E-state index is 0.750. The van der Waals surface area contributed by atoms with E-state index in [4.69, 9.17) is 4.79 Å². The monoisotopic (exact) mass is 100 g/mol. The van der Waals surface area contributed by atoms with Crippen molar-refractivity contribution >= 4 is 13.1 Å². The van der Waals surface area contributed by atoms with Gasteiger partial charge in [0.15, 0.2) is 0 Å². The maximum absolute atomic E-state index is 9.32. The Balaban J connectivity index is 0. The van der Waals surface area contributed by atoms with Crippen LogP contribution >= 0.6 is 0 Å². The van der Waals surface area contributed by atoms with Gasteiger partial charge in [-0.3, -0.25) is 4.79 Å². The van der Waals surface area contributed by atoms with Gasteiger partial charge in [-0.15, -0.1) is 0 Å². The van der Waals surface area contributed by atoms with Gasteiger partial charge in [-0.1, -0.05) is 6.08 Å². The van der Waals surface area contributed by atoms with Crippen LogP contribution in [0.25, 0.3) is 0 Å². The van der Waals surface area contributed by atoms with Crippen LogP contribution in [-0.2, 0) is 9.59 Å². The molecule has 0 spiro atoms. The molecule has 40 valence electrons. The Morgan fingerprint density at radius 3 is 1.86 bits per heavy atom. The third kappa shape index (κ3) is 41.3. The van der Waals surface area contributed by atoms with Crippen LogP contribution in [0.2, 0.25) is 0 Å². The molecule has 0 aromatic carbocycles. The highest BCUT2D eigenvalue weighted by atomic mass is 16.1. The topological polar surface area (TPSA) is 34.1 Å². The number of hydrogen-bond acceptors (Lipinski definition) is 2. The summed E-state index contributed by atoms with van der Waals surface area (Å²) in [6, 6.07) is 0. The van der Waals surface area contributed by atoms with Crippen LogP contribution < -0.4 is 0 Å². The van der Waals surface area contributed by atoms with Crippen molar-refractivity contribution in [3.63, 3.8) is 0 Å². The summed E-state index contributed by atoms with van der Waals surface area (Å²) in [4.78, 5) is 17.3. The van der Waals surface area contributed by atoms with Crippen molar-refractivity contribution in [2.24, 2.45) is 0 Å². The highest BCUT2D eigenvalue weighted by Gasteiger charge is 1.48. The van der Waals surface area contributed by atoms with E-state index in [0.717, 1.165) is 6.29 Å². The van der Waals surface area contributed by atoms with Crippen molar-refractivity contribution in [3.8, 4) is 0 Å². The Morgan fingerprint density at radius 2 is 1.86 bits per heavy atom. The van der Waals surface area contributed by atoms with E-state index in [2.05, 4.69) is 0 Å². The summed E-state index contributed by atoms with van der Waals surface area (Å²) in [6.45, 7) is 3.80. The second-order valence-electron chi connectivity index (χ2n) is 0.662. The molecular formula is C5H8O2. The third-order valence-electron chi connectivity index (χ3n) is 0.271. The smallest absolute Gasteiger partial charge is 0.142 e. The molecular weight excluding hydrogens is 92.1 g/mol. The Hall–Kier alpha value is -0.920. The maximum Gasteiger partial charge on any atom is 0.142 e. The third-order valence-corrected chi connectivity index (χ3v) is 0.271. The lowest BCUT2D eigenvalue weighted by atomic mass is 10.6. The summed E-state index contributed by atoms with van der Waals surface area (Å²) < 4.78 is 0. The molecule has 0 fully saturated rings. The first-order chi connectivity index (χ1) is 3.41. The molecule has 0 aromatic heterocycles. The van der Waals surface area contributed by atoms with E-state index in [-0.39, 0.29) is 0 Å². The molecule has 0 unspecified atom stereocenters. The molecule has 0 aliphatic rings. The normalized spacial score (nSPS) is 7.00. The van der Waals surface area contributed by atoms with Crippen LogP contribution in [0.4, 0.5) is 0 Å². The predicted molar refractivity (Wildman–Crippen MR) is 28.0 cm³/mol. The fraction of sp³-hybridized carbons (Fsp3) is 0.200. The van der Waals surface area contributed by atoms with Gasteiger partial charge in [0.2, 0.25) is 0 Å². The van der Waals surface area contributed by atoms with Crippen LogP contribution in [0.5, 0.6) is 0 Å². The lowest BCUT2D eigenvalue weighted by Crippen LogP contribution is -1.50. The molecule has 0 atom stereocenters. The van der Waals surface area contributed by atoms with E-state index < -0.39 is 0 Å². The predicted octanol–water partition coefficient (Wildman–Crippen LogP) is 0.577. The van der Waals surface area contributed by atoms with Crippen molar-refractivity contribution in [2.45, 2.75) is 6.92 Å². The second-order valence-corrected chi connectivity index (χ2v) is 0.662. The van der Waals surface area contributed by atoms with E-state index >= 15 is 0 Å². The molecule has 0 rings (SSSR count). The lowest BCUT2D eigenvalue weighted by Gasteiger charge is -1.51. The van der Waals surface area contributed by atoms with Crippen LogP contribution in [-0.4, -0.2) is 13.1 Å². The highest BCUT2D eigenvalue weighted by Crippen LogP contribution is 1.55. The summed E-state index contributed by atoms with van der Waals surface area (Å²) >= 11 is 0. The molecule has 0 aromatic rings. The molecule has 0 saturated heterocycles.